The van der Waals surface area contributed by atoms with Gasteiger partial charge in [0.1, 0.15) is 17.2 Å². The van der Waals surface area contributed by atoms with Gasteiger partial charge in [-0.3, -0.25) is 9.59 Å². The number of nitrogens with one attached hydrogen (secondary N) is 2. The summed E-state index contributed by atoms with van der Waals surface area (Å²) >= 11 is 0. The second-order valence-electron chi connectivity index (χ2n) is 5.36. The van der Waals surface area contributed by atoms with E-state index < -0.39 is 0 Å². The van der Waals surface area contributed by atoms with Crippen molar-refractivity contribution in [2.75, 3.05) is 33.2 Å². The van der Waals surface area contributed by atoms with Crippen LogP contribution in [0, 0.1) is 0 Å². The summed E-state index contributed by atoms with van der Waals surface area (Å²) in [6, 6.07) is 12.0. The molecule has 2 amide bonds. The molecule has 0 atom stereocenters. The van der Waals surface area contributed by atoms with Crippen molar-refractivity contribution in [3.8, 4) is 17.2 Å². The minimum absolute atomic E-state index is 0.130. The first-order chi connectivity index (χ1) is 12.6. The highest BCUT2D eigenvalue weighted by Gasteiger charge is 2.11. The summed E-state index contributed by atoms with van der Waals surface area (Å²) in [5.41, 5.74) is 0.982. The Bertz CT molecular complexity index is 754. The van der Waals surface area contributed by atoms with Crippen LogP contribution >= 0.6 is 0 Å². The zero-order chi connectivity index (χ0) is 18.9. The minimum atomic E-state index is -0.313. The molecule has 0 saturated heterocycles. The number of anilines is 1. The predicted octanol–water partition coefficient (Wildman–Crippen LogP) is 2.47. The number of carbonyl (C=O) groups is 2. The summed E-state index contributed by atoms with van der Waals surface area (Å²) in [5, 5.41) is 5.46. The highest BCUT2D eigenvalue weighted by molar-refractivity contribution is 5.96. The van der Waals surface area contributed by atoms with Gasteiger partial charge >= 0.3 is 0 Å². The molecule has 2 aromatic carbocycles. The van der Waals surface area contributed by atoms with Gasteiger partial charge in [-0.15, -0.1) is 0 Å². The van der Waals surface area contributed by atoms with Crippen LogP contribution in [0.15, 0.2) is 42.5 Å². The monoisotopic (exact) mass is 358 g/mol. The second-order valence-corrected chi connectivity index (χ2v) is 5.36. The average Bonchev–Trinajstić information content (AvgIpc) is 2.67. The zero-order valence-electron chi connectivity index (χ0n) is 15.0. The van der Waals surface area contributed by atoms with E-state index >= 15 is 0 Å². The van der Waals surface area contributed by atoms with E-state index in [9.17, 15) is 9.59 Å². The van der Waals surface area contributed by atoms with Gasteiger partial charge in [0.25, 0.3) is 5.91 Å². The van der Waals surface area contributed by atoms with Crippen LogP contribution in [0.3, 0.4) is 0 Å². The smallest absolute Gasteiger partial charge is 0.251 e. The van der Waals surface area contributed by atoms with Crippen LogP contribution in [0.2, 0.25) is 0 Å². The van der Waals surface area contributed by atoms with E-state index in [-0.39, 0.29) is 24.8 Å². The summed E-state index contributed by atoms with van der Waals surface area (Å²) in [4.78, 5) is 24.3. The van der Waals surface area contributed by atoms with E-state index in [1.165, 1.54) is 21.3 Å². The molecule has 0 aliphatic carbocycles. The van der Waals surface area contributed by atoms with Crippen molar-refractivity contribution in [1.82, 2.24) is 5.32 Å². The first-order valence-corrected chi connectivity index (χ1v) is 8.01. The number of hydrogen-bond donors (Lipinski definition) is 2. The van der Waals surface area contributed by atoms with Crippen molar-refractivity contribution in [1.29, 1.82) is 0 Å². The fourth-order valence-electron chi connectivity index (χ4n) is 2.29. The topological polar surface area (TPSA) is 85.9 Å². The molecule has 26 heavy (non-hydrogen) atoms. The van der Waals surface area contributed by atoms with Crippen molar-refractivity contribution in [3.63, 3.8) is 0 Å². The average molecular weight is 358 g/mol. The fourth-order valence-corrected chi connectivity index (χ4v) is 2.29. The van der Waals surface area contributed by atoms with Gasteiger partial charge in [-0.2, -0.15) is 0 Å². The van der Waals surface area contributed by atoms with E-state index in [0.29, 0.717) is 28.5 Å². The SMILES string of the molecule is COc1cc(OC)cc(C(=O)NCCC(=O)Nc2ccccc2OC)c1. The van der Waals surface area contributed by atoms with Crippen molar-refractivity contribution < 1.29 is 23.8 Å². The third-order valence-corrected chi connectivity index (χ3v) is 3.63. The third kappa shape index (κ3) is 5.14. The number of para-hydroxylation sites is 2. The third-order valence-electron chi connectivity index (χ3n) is 3.63. The summed E-state index contributed by atoms with van der Waals surface area (Å²) in [7, 11) is 4.56. The molecule has 7 nitrogen and oxygen atoms in total. The second kappa shape index (κ2) is 9.31. The summed E-state index contributed by atoms with van der Waals surface area (Å²) in [6.07, 6.45) is 0.130. The molecule has 0 heterocycles. The normalized spacial score (nSPS) is 9.96. The van der Waals surface area contributed by atoms with E-state index in [0.717, 1.165) is 0 Å². The Morgan fingerprint density at radius 1 is 0.923 bits per heavy atom. The van der Waals surface area contributed by atoms with Crippen LogP contribution in [0.25, 0.3) is 0 Å². The van der Waals surface area contributed by atoms with Crippen LogP contribution in [0.4, 0.5) is 5.69 Å². The maximum absolute atomic E-state index is 12.2. The largest absolute Gasteiger partial charge is 0.497 e. The molecule has 0 aliphatic heterocycles. The van der Waals surface area contributed by atoms with Gasteiger partial charge in [-0.05, 0) is 24.3 Å². The minimum Gasteiger partial charge on any atom is -0.497 e. The van der Waals surface area contributed by atoms with Crippen molar-refractivity contribution in [2.45, 2.75) is 6.42 Å². The van der Waals surface area contributed by atoms with E-state index in [1.54, 1.807) is 36.4 Å². The molecule has 0 saturated carbocycles. The van der Waals surface area contributed by atoms with E-state index in [4.69, 9.17) is 14.2 Å². The lowest BCUT2D eigenvalue weighted by Crippen LogP contribution is -2.27. The molecule has 0 radical (unpaired) electrons. The molecule has 0 spiro atoms. The lowest BCUT2D eigenvalue weighted by Gasteiger charge is -2.11. The molecule has 0 fully saturated rings. The van der Waals surface area contributed by atoms with Crippen LogP contribution in [0.5, 0.6) is 17.2 Å². The summed E-state index contributed by atoms with van der Waals surface area (Å²) in [6.45, 7) is 0.194. The van der Waals surface area contributed by atoms with Crippen LogP contribution in [-0.2, 0) is 4.79 Å². The van der Waals surface area contributed by atoms with Crippen LogP contribution < -0.4 is 24.8 Å². The molecule has 2 aromatic rings. The Labute approximate surface area is 152 Å². The Morgan fingerprint density at radius 2 is 1.58 bits per heavy atom. The van der Waals surface area contributed by atoms with Gasteiger partial charge in [-0.25, -0.2) is 0 Å². The first kappa shape index (κ1) is 19.1. The van der Waals surface area contributed by atoms with Crippen molar-refractivity contribution in [2.24, 2.45) is 0 Å². The van der Waals surface area contributed by atoms with Gasteiger partial charge in [0.2, 0.25) is 5.91 Å². The Balaban J connectivity index is 1.89. The van der Waals surface area contributed by atoms with Gasteiger partial charge in [0.05, 0.1) is 27.0 Å². The molecule has 0 aromatic heterocycles. The number of methoxy groups -OCH3 is 3. The van der Waals surface area contributed by atoms with Crippen LogP contribution in [0.1, 0.15) is 16.8 Å². The van der Waals surface area contributed by atoms with Gasteiger partial charge in [0, 0.05) is 24.6 Å². The molecule has 0 unspecified atom stereocenters. The Kier molecular flexibility index (Phi) is 6.84. The highest BCUT2D eigenvalue weighted by Crippen LogP contribution is 2.23. The van der Waals surface area contributed by atoms with E-state index in [1.807, 2.05) is 6.07 Å². The number of amides is 2. The quantitative estimate of drug-likeness (QED) is 0.757. The van der Waals surface area contributed by atoms with Gasteiger partial charge in [0.15, 0.2) is 0 Å². The number of hydrogen-bond acceptors (Lipinski definition) is 5. The molecular weight excluding hydrogens is 336 g/mol. The molecular formula is C19H22N2O5. The number of ether oxygens (including phenoxy) is 3. The maximum Gasteiger partial charge on any atom is 0.251 e. The van der Waals surface area contributed by atoms with Gasteiger partial charge < -0.3 is 24.8 Å². The number of rotatable bonds is 8. The van der Waals surface area contributed by atoms with Crippen molar-refractivity contribution in [3.05, 3.63) is 48.0 Å². The zero-order valence-corrected chi connectivity index (χ0v) is 15.0. The molecule has 0 aliphatic rings. The molecule has 2 rings (SSSR count). The molecule has 7 heteroatoms. The predicted molar refractivity (Wildman–Crippen MR) is 98.1 cm³/mol. The first-order valence-electron chi connectivity index (χ1n) is 8.01. The lowest BCUT2D eigenvalue weighted by atomic mass is 10.2. The summed E-state index contributed by atoms with van der Waals surface area (Å²) in [5.74, 6) is 1.07. The standard InChI is InChI=1S/C19H22N2O5/c1-24-14-10-13(11-15(12-14)25-2)19(23)20-9-8-18(22)21-16-6-4-5-7-17(16)26-3/h4-7,10-12H,8-9H2,1-3H3,(H,20,23)(H,21,22). The number of carbonyl (C=O) groups excluding carboxylic acids is 2. The fraction of sp³-hybridized carbons (Fsp3) is 0.263. The molecule has 2 N–H and O–H groups in total. The Hall–Kier alpha value is -3.22. The lowest BCUT2D eigenvalue weighted by molar-refractivity contribution is -0.116. The molecule has 0 bridgehead atoms. The van der Waals surface area contributed by atoms with E-state index in [2.05, 4.69) is 10.6 Å². The van der Waals surface area contributed by atoms with Crippen molar-refractivity contribution >= 4 is 17.5 Å². The molecule has 138 valence electrons. The highest BCUT2D eigenvalue weighted by atomic mass is 16.5. The summed E-state index contributed by atoms with van der Waals surface area (Å²) < 4.78 is 15.5. The van der Waals surface area contributed by atoms with Crippen LogP contribution in [-0.4, -0.2) is 39.7 Å². The Morgan fingerprint density at radius 3 is 2.19 bits per heavy atom. The maximum atomic E-state index is 12.2. The van der Waals surface area contributed by atoms with Gasteiger partial charge in [-0.1, -0.05) is 12.1 Å². The number of benzene rings is 2.